The van der Waals surface area contributed by atoms with Crippen molar-refractivity contribution in [2.24, 2.45) is 0 Å². The molecule has 4 heteroatoms. The topological polar surface area (TPSA) is 42.9 Å². The maximum absolute atomic E-state index is 11.9. The monoisotopic (exact) mass is 272 g/mol. The quantitative estimate of drug-likeness (QED) is 0.743. The van der Waals surface area contributed by atoms with Crippen molar-refractivity contribution in [3.05, 3.63) is 46.7 Å². The third kappa shape index (κ3) is 2.38. The molecule has 0 amide bonds. The van der Waals surface area contributed by atoms with Crippen molar-refractivity contribution in [2.75, 3.05) is 0 Å². The average Bonchev–Trinajstić information content (AvgIpc) is 2.61. The molecule has 3 nitrogen and oxygen atoms in total. The van der Waals surface area contributed by atoms with E-state index in [4.69, 9.17) is 11.6 Å². The number of Topliss-reactive ketones (excluding diaryl/α,β-unsaturated/α-hetero) is 1. The largest absolute Gasteiger partial charge is 0.294 e. The number of hydrogen-bond donors (Lipinski definition) is 0. The highest BCUT2D eigenvalue weighted by atomic mass is 35.5. The molecule has 0 aliphatic heterocycles. The van der Waals surface area contributed by atoms with Gasteiger partial charge in [-0.25, -0.2) is 9.97 Å². The van der Waals surface area contributed by atoms with Crippen LogP contribution in [0.5, 0.6) is 0 Å². The van der Waals surface area contributed by atoms with Crippen LogP contribution in [0.15, 0.2) is 30.5 Å². The van der Waals surface area contributed by atoms with E-state index in [1.807, 2.05) is 24.3 Å². The van der Waals surface area contributed by atoms with E-state index < -0.39 is 0 Å². The molecule has 1 aliphatic rings. The smallest absolute Gasteiger partial charge is 0.166 e. The van der Waals surface area contributed by atoms with Crippen LogP contribution >= 0.6 is 11.6 Å². The summed E-state index contributed by atoms with van der Waals surface area (Å²) >= 11 is 6.16. The first-order chi connectivity index (χ1) is 9.25. The van der Waals surface area contributed by atoms with Gasteiger partial charge in [0, 0.05) is 18.2 Å². The minimum Gasteiger partial charge on any atom is -0.294 e. The molecule has 3 rings (SSSR count). The maximum atomic E-state index is 11.9. The first kappa shape index (κ1) is 12.3. The molecule has 1 aromatic heterocycles. The summed E-state index contributed by atoms with van der Waals surface area (Å²) in [6, 6.07) is 7.49. The zero-order valence-electron chi connectivity index (χ0n) is 10.4. The number of aromatic nitrogens is 2. The Bertz CT molecular complexity index is 640. The molecule has 1 aliphatic carbocycles. The first-order valence-corrected chi connectivity index (χ1v) is 6.77. The molecule has 0 N–H and O–H groups in total. The molecule has 0 bridgehead atoms. The Balaban J connectivity index is 2.09. The number of aryl methyl sites for hydroxylation is 1. The number of carbonyl (C=O) groups excluding carboxylic acids is 1. The van der Waals surface area contributed by atoms with Crippen LogP contribution in [0.1, 0.15) is 35.3 Å². The Morgan fingerprint density at radius 3 is 2.68 bits per heavy atom. The molecule has 1 heterocycles. The minimum absolute atomic E-state index is 0.151. The van der Waals surface area contributed by atoms with Crippen LogP contribution in [0.25, 0.3) is 11.4 Å². The lowest BCUT2D eigenvalue weighted by molar-refractivity contribution is 0.0981. The SMILES string of the molecule is O=C1CCCCc2nc(-c3ccccc3Cl)ncc21. The third-order valence-electron chi connectivity index (χ3n) is 3.35. The zero-order chi connectivity index (χ0) is 13.2. The van der Waals surface area contributed by atoms with E-state index in [0.29, 0.717) is 22.8 Å². The second kappa shape index (κ2) is 5.10. The van der Waals surface area contributed by atoms with Crippen LogP contribution < -0.4 is 0 Å². The van der Waals surface area contributed by atoms with Crippen molar-refractivity contribution in [3.8, 4) is 11.4 Å². The van der Waals surface area contributed by atoms with Gasteiger partial charge in [-0.3, -0.25) is 4.79 Å². The molecule has 2 aromatic rings. The second-order valence-electron chi connectivity index (χ2n) is 4.66. The van der Waals surface area contributed by atoms with Crippen LogP contribution in [0.2, 0.25) is 5.02 Å². The van der Waals surface area contributed by atoms with Crippen molar-refractivity contribution in [3.63, 3.8) is 0 Å². The van der Waals surface area contributed by atoms with E-state index in [1.54, 1.807) is 6.20 Å². The Kier molecular flexibility index (Phi) is 3.30. The highest BCUT2D eigenvalue weighted by molar-refractivity contribution is 6.33. The molecule has 0 fully saturated rings. The van der Waals surface area contributed by atoms with Gasteiger partial charge in [-0.05, 0) is 31.4 Å². The molecule has 0 atom stereocenters. The van der Waals surface area contributed by atoms with E-state index in [0.717, 1.165) is 30.5 Å². The highest BCUT2D eigenvalue weighted by Gasteiger charge is 2.18. The highest BCUT2D eigenvalue weighted by Crippen LogP contribution is 2.26. The van der Waals surface area contributed by atoms with Crippen LogP contribution in [-0.2, 0) is 6.42 Å². The Hall–Kier alpha value is -1.74. The van der Waals surface area contributed by atoms with Crippen molar-refractivity contribution in [1.29, 1.82) is 0 Å². The number of nitrogens with zero attached hydrogens (tertiary/aromatic N) is 2. The van der Waals surface area contributed by atoms with E-state index in [-0.39, 0.29) is 5.78 Å². The molecular weight excluding hydrogens is 260 g/mol. The number of benzene rings is 1. The van der Waals surface area contributed by atoms with Crippen LogP contribution in [0.3, 0.4) is 0 Å². The van der Waals surface area contributed by atoms with E-state index in [1.165, 1.54) is 0 Å². The molecule has 0 radical (unpaired) electrons. The van der Waals surface area contributed by atoms with Gasteiger partial charge in [0.15, 0.2) is 11.6 Å². The zero-order valence-corrected chi connectivity index (χ0v) is 11.2. The lowest BCUT2D eigenvalue weighted by Crippen LogP contribution is -2.05. The summed E-state index contributed by atoms with van der Waals surface area (Å²) in [6.07, 6.45) is 5.01. The van der Waals surface area contributed by atoms with Gasteiger partial charge in [0.2, 0.25) is 0 Å². The molecule has 96 valence electrons. The van der Waals surface area contributed by atoms with Crippen molar-refractivity contribution < 1.29 is 4.79 Å². The lowest BCUT2D eigenvalue weighted by Gasteiger charge is -2.07. The van der Waals surface area contributed by atoms with Crippen molar-refractivity contribution in [1.82, 2.24) is 9.97 Å². The molecular formula is C15H13ClN2O. The summed E-state index contributed by atoms with van der Waals surface area (Å²) in [4.78, 5) is 20.8. The van der Waals surface area contributed by atoms with Crippen LogP contribution in [0.4, 0.5) is 0 Å². The predicted octanol–water partition coefficient (Wildman–Crippen LogP) is 3.71. The summed E-state index contributed by atoms with van der Waals surface area (Å²) in [5, 5.41) is 0.627. The van der Waals surface area contributed by atoms with E-state index in [9.17, 15) is 4.79 Å². The summed E-state index contributed by atoms with van der Waals surface area (Å²) in [5.41, 5.74) is 2.34. The van der Waals surface area contributed by atoms with Gasteiger partial charge in [0.25, 0.3) is 0 Å². The molecule has 0 saturated heterocycles. The van der Waals surface area contributed by atoms with Gasteiger partial charge in [-0.2, -0.15) is 0 Å². The molecule has 0 spiro atoms. The van der Waals surface area contributed by atoms with Crippen molar-refractivity contribution >= 4 is 17.4 Å². The van der Waals surface area contributed by atoms with Gasteiger partial charge in [-0.15, -0.1) is 0 Å². The summed E-state index contributed by atoms with van der Waals surface area (Å²) in [7, 11) is 0. The predicted molar refractivity (Wildman–Crippen MR) is 74.4 cm³/mol. The minimum atomic E-state index is 0.151. The average molecular weight is 273 g/mol. The van der Waals surface area contributed by atoms with Crippen LogP contribution in [-0.4, -0.2) is 15.8 Å². The van der Waals surface area contributed by atoms with Gasteiger partial charge in [0.1, 0.15) is 0 Å². The van der Waals surface area contributed by atoms with Gasteiger partial charge in [-0.1, -0.05) is 23.7 Å². The van der Waals surface area contributed by atoms with E-state index >= 15 is 0 Å². The summed E-state index contributed by atoms with van der Waals surface area (Å²) in [5.74, 6) is 0.747. The number of hydrogen-bond acceptors (Lipinski definition) is 3. The number of carbonyl (C=O) groups is 1. The fourth-order valence-corrected chi connectivity index (χ4v) is 2.55. The van der Waals surface area contributed by atoms with Gasteiger partial charge >= 0.3 is 0 Å². The maximum Gasteiger partial charge on any atom is 0.166 e. The van der Waals surface area contributed by atoms with Gasteiger partial charge < -0.3 is 0 Å². The molecule has 1 aromatic carbocycles. The number of halogens is 1. The number of rotatable bonds is 1. The standard InChI is InChI=1S/C15H13ClN2O/c16-12-6-2-1-5-10(12)15-17-9-11-13(18-15)7-3-4-8-14(11)19/h1-2,5-6,9H,3-4,7-8H2. The summed E-state index contributed by atoms with van der Waals surface area (Å²) < 4.78 is 0. The van der Waals surface area contributed by atoms with E-state index in [2.05, 4.69) is 9.97 Å². The van der Waals surface area contributed by atoms with Crippen molar-refractivity contribution in [2.45, 2.75) is 25.7 Å². The third-order valence-corrected chi connectivity index (χ3v) is 3.68. The number of ketones is 1. The number of fused-ring (bicyclic) bond motifs is 1. The fraction of sp³-hybridized carbons (Fsp3) is 0.267. The fourth-order valence-electron chi connectivity index (χ4n) is 2.33. The normalized spacial score (nSPS) is 14.9. The van der Waals surface area contributed by atoms with Gasteiger partial charge in [0.05, 0.1) is 16.3 Å². The Morgan fingerprint density at radius 1 is 1.05 bits per heavy atom. The molecule has 0 unspecified atom stereocenters. The molecule has 19 heavy (non-hydrogen) atoms. The summed E-state index contributed by atoms with van der Waals surface area (Å²) in [6.45, 7) is 0. The molecule has 0 saturated carbocycles. The lowest BCUT2D eigenvalue weighted by atomic mass is 10.1. The first-order valence-electron chi connectivity index (χ1n) is 6.40. The Labute approximate surface area is 116 Å². The Morgan fingerprint density at radius 2 is 1.84 bits per heavy atom. The van der Waals surface area contributed by atoms with Crippen LogP contribution in [0, 0.1) is 0 Å². The second-order valence-corrected chi connectivity index (χ2v) is 5.07.